The first-order valence-electron chi connectivity index (χ1n) is 7.42. The summed E-state index contributed by atoms with van der Waals surface area (Å²) in [6.07, 6.45) is 6.54. The first kappa shape index (κ1) is 14.6. The Balaban J connectivity index is 1.47. The average Bonchev–Trinajstić information content (AvgIpc) is 2.92. The van der Waals surface area contributed by atoms with E-state index < -0.39 is 0 Å². The van der Waals surface area contributed by atoms with E-state index in [0.29, 0.717) is 12.1 Å². The predicted octanol–water partition coefficient (Wildman–Crippen LogP) is 1.96. The summed E-state index contributed by atoms with van der Waals surface area (Å²) < 4.78 is 11.2. The molecule has 2 N–H and O–H groups in total. The lowest BCUT2D eigenvalue weighted by atomic mass is 10.1. The fraction of sp³-hybridized carbons (Fsp3) is 0.733. The van der Waals surface area contributed by atoms with Gasteiger partial charge in [0.1, 0.15) is 5.76 Å². The summed E-state index contributed by atoms with van der Waals surface area (Å²) in [7, 11) is 0. The van der Waals surface area contributed by atoms with Gasteiger partial charge in [0, 0.05) is 19.1 Å². The van der Waals surface area contributed by atoms with Gasteiger partial charge in [0.25, 0.3) is 0 Å². The summed E-state index contributed by atoms with van der Waals surface area (Å²) in [6, 6.07) is 4.41. The zero-order valence-electron chi connectivity index (χ0n) is 11.9. The van der Waals surface area contributed by atoms with Gasteiger partial charge in [-0.15, -0.1) is 0 Å². The smallest absolute Gasteiger partial charge is 0.105 e. The maximum absolute atomic E-state index is 5.87. The molecular formula is C15H26N2O2. The summed E-state index contributed by atoms with van der Waals surface area (Å²) in [4.78, 5) is 0. The Morgan fingerprint density at radius 3 is 3.05 bits per heavy atom. The molecule has 1 saturated heterocycles. The van der Waals surface area contributed by atoms with E-state index in [0.717, 1.165) is 57.7 Å². The van der Waals surface area contributed by atoms with Crippen LogP contribution in [0, 0.1) is 0 Å². The molecule has 1 unspecified atom stereocenters. The Labute approximate surface area is 115 Å². The molecule has 4 heteroatoms. The van der Waals surface area contributed by atoms with E-state index in [9.17, 15) is 0 Å². The van der Waals surface area contributed by atoms with Crippen LogP contribution in [0.1, 0.15) is 31.9 Å². The first-order valence-corrected chi connectivity index (χ1v) is 7.42. The van der Waals surface area contributed by atoms with Crippen molar-refractivity contribution in [3.8, 4) is 0 Å². The highest BCUT2D eigenvalue weighted by atomic mass is 16.5. The molecule has 4 nitrogen and oxygen atoms in total. The number of rotatable bonds is 8. The normalized spacial score (nSPS) is 18.6. The molecule has 2 rings (SSSR count). The molecule has 1 aromatic rings. The second kappa shape index (κ2) is 8.35. The van der Waals surface area contributed by atoms with Crippen molar-refractivity contribution in [2.24, 2.45) is 0 Å². The van der Waals surface area contributed by atoms with Crippen LogP contribution in [-0.2, 0) is 11.2 Å². The number of hydrogen-bond donors (Lipinski definition) is 2. The van der Waals surface area contributed by atoms with Gasteiger partial charge >= 0.3 is 0 Å². The van der Waals surface area contributed by atoms with Crippen molar-refractivity contribution >= 4 is 0 Å². The minimum Gasteiger partial charge on any atom is -0.469 e. The molecule has 1 aliphatic rings. The Morgan fingerprint density at radius 2 is 2.32 bits per heavy atom. The Kier molecular flexibility index (Phi) is 6.41. The number of nitrogens with one attached hydrogen (secondary N) is 2. The zero-order valence-corrected chi connectivity index (χ0v) is 11.9. The van der Waals surface area contributed by atoms with Gasteiger partial charge in [-0.2, -0.15) is 0 Å². The molecule has 0 aliphatic carbocycles. The molecule has 19 heavy (non-hydrogen) atoms. The lowest BCUT2D eigenvalue weighted by Crippen LogP contribution is -2.33. The molecule has 0 radical (unpaired) electrons. The monoisotopic (exact) mass is 266 g/mol. The average molecular weight is 266 g/mol. The van der Waals surface area contributed by atoms with Crippen molar-refractivity contribution in [2.75, 3.05) is 26.2 Å². The van der Waals surface area contributed by atoms with E-state index in [4.69, 9.17) is 9.15 Å². The molecule has 1 aliphatic heterocycles. The van der Waals surface area contributed by atoms with E-state index in [-0.39, 0.29) is 0 Å². The highest BCUT2D eigenvalue weighted by Gasteiger charge is 2.12. The molecule has 108 valence electrons. The topological polar surface area (TPSA) is 46.4 Å². The molecule has 1 fully saturated rings. The van der Waals surface area contributed by atoms with Gasteiger partial charge in [0.05, 0.1) is 12.4 Å². The fourth-order valence-corrected chi connectivity index (χ4v) is 2.44. The highest BCUT2D eigenvalue weighted by Crippen LogP contribution is 2.07. The van der Waals surface area contributed by atoms with E-state index in [1.165, 1.54) is 0 Å². The van der Waals surface area contributed by atoms with Crippen LogP contribution in [0.4, 0.5) is 0 Å². The minimum atomic E-state index is 0.449. The maximum atomic E-state index is 5.87. The third-order valence-electron chi connectivity index (χ3n) is 3.54. The van der Waals surface area contributed by atoms with Crippen LogP contribution < -0.4 is 10.6 Å². The lowest BCUT2D eigenvalue weighted by Gasteiger charge is -2.23. The minimum absolute atomic E-state index is 0.449. The fourth-order valence-electron chi connectivity index (χ4n) is 2.44. The third kappa shape index (κ3) is 5.76. The summed E-state index contributed by atoms with van der Waals surface area (Å²) in [5, 5.41) is 6.86. The predicted molar refractivity (Wildman–Crippen MR) is 76.3 cm³/mol. The van der Waals surface area contributed by atoms with Crippen LogP contribution >= 0.6 is 0 Å². The molecule has 0 bridgehead atoms. The number of furan rings is 1. The maximum Gasteiger partial charge on any atom is 0.105 e. The van der Waals surface area contributed by atoms with Crippen LogP contribution in [0.15, 0.2) is 22.8 Å². The number of ether oxygens (including phenoxy) is 1. The van der Waals surface area contributed by atoms with Crippen molar-refractivity contribution < 1.29 is 9.15 Å². The molecular weight excluding hydrogens is 240 g/mol. The van der Waals surface area contributed by atoms with Gasteiger partial charge in [-0.1, -0.05) is 0 Å². The molecule has 0 amide bonds. The zero-order chi connectivity index (χ0) is 13.3. The SMILES string of the molecule is CC(Cc1ccco1)NCCCOC1CCNCC1. The van der Waals surface area contributed by atoms with E-state index in [1.807, 2.05) is 12.1 Å². The van der Waals surface area contributed by atoms with Crippen molar-refractivity contribution in [1.29, 1.82) is 0 Å². The molecule has 0 aromatic carbocycles. The van der Waals surface area contributed by atoms with Crippen LogP contribution in [0.25, 0.3) is 0 Å². The van der Waals surface area contributed by atoms with Crippen molar-refractivity contribution in [3.05, 3.63) is 24.2 Å². The van der Waals surface area contributed by atoms with Gasteiger partial charge in [0.2, 0.25) is 0 Å². The quantitative estimate of drug-likeness (QED) is 0.706. The lowest BCUT2D eigenvalue weighted by molar-refractivity contribution is 0.0316. The summed E-state index contributed by atoms with van der Waals surface area (Å²) in [5.41, 5.74) is 0. The van der Waals surface area contributed by atoms with Gasteiger partial charge in [0.15, 0.2) is 0 Å². The summed E-state index contributed by atoms with van der Waals surface area (Å²) >= 11 is 0. The van der Waals surface area contributed by atoms with E-state index >= 15 is 0 Å². The molecule has 1 aromatic heterocycles. The molecule has 1 atom stereocenters. The van der Waals surface area contributed by atoms with Gasteiger partial charge in [-0.25, -0.2) is 0 Å². The van der Waals surface area contributed by atoms with Crippen LogP contribution in [0.2, 0.25) is 0 Å². The van der Waals surface area contributed by atoms with Crippen molar-refractivity contribution in [3.63, 3.8) is 0 Å². The number of hydrogen-bond acceptors (Lipinski definition) is 4. The largest absolute Gasteiger partial charge is 0.469 e. The molecule has 0 saturated carbocycles. The Hall–Kier alpha value is -0.840. The van der Waals surface area contributed by atoms with Gasteiger partial charge < -0.3 is 19.8 Å². The van der Waals surface area contributed by atoms with Crippen molar-refractivity contribution in [1.82, 2.24) is 10.6 Å². The van der Waals surface area contributed by atoms with E-state index in [2.05, 4.69) is 17.6 Å². The Bertz CT molecular complexity index is 321. The van der Waals surface area contributed by atoms with Gasteiger partial charge in [-0.05, 0) is 58.0 Å². The van der Waals surface area contributed by atoms with Crippen LogP contribution in [0.5, 0.6) is 0 Å². The van der Waals surface area contributed by atoms with Crippen molar-refractivity contribution in [2.45, 2.75) is 44.8 Å². The first-order chi connectivity index (χ1) is 9.34. The third-order valence-corrected chi connectivity index (χ3v) is 3.54. The van der Waals surface area contributed by atoms with Gasteiger partial charge in [-0.3, -0.25) is 0 Å². The second-order valence-corrected chi connectivity index (χ2v) is 5.31. The van der Waals surface area contributed by atoms with E-state index in [1.54, 1.807) is 6.26 Å². The standard InChI is InChI=1S/C15H26N2O2/c1-13(12-15-4-2-10-19-15)17-7-3-11-18-14-5-8-16-9-6-14/h2,4,10,13-14,16-17H,3,5-9,11-12H2,1H3. The number of piperidine rings is 1. The Morgan fingerprint density at radius 1 is 1.47 bits per heavy atom. The second-order valence-electron chi connectivity index (χ2n) is 5.31. The van der Waals surface area contributed by atoms with Crippen LogP contribution in [0.3, 0.4) is 0 Å². The molecule has 0 spiro atoms. The highest BCUT2D eigenvalue weighted by molar-refractivity contribution is 4.99. The summed E-state index contributed by atoms with van der Waals surface area (Å²) in [6.45, 7) is 6.26. The summed E-state index contributed by atoms with van der Waals surface area (Å²) in [5.74, 6) is 1.05. The molecule has 2 heterocycles. The van der Waals surface area contributed by atoms with Crippen LogP contribution in [-0.4, -0.2) is 38.4 Å².